The highest BCUT2D eigenvalue weighted by Crippen LogP contribution is 2.58. The summed E-state index contributed by atoms with van der Waals surface area (Å²) >= 11 is 0. The number of nitrogens with zero attached hydrogens (tertiary/aromatic N) is 1. The van der Waals surface area contributed by atoms with Crippen molar-refractivity contribution >= 4 is 11.8 Å². The zero-order valence-corrected chi connectivity index (χ0v) is 24.1. The summed E-state index contributed by atoms with van der Waals surface area (Å²) in [6, 6.07) is 24.0. The number of hydrogen-bond donors (Lipinski definition) is 2. The van der Waals surface area contributed by atoms with E-state index in [2.05, 4.69) is 17.6 Å². The molecule has 216 valence electrons. The van der Waals surface area contributed by atoms with Crippen LogP contribution < -0.4 is 10.6 Å². The molecule has 5 rings (SSSR count). The minimum atomic E-state index is -0.516. The van der Waals surface area contributed by atoms with Gasteiger partial charge in [0.15, 0.2) is 0 Å². The Kier molecular flexibility index (Phi) is 9.50. The Morgan fingerprint density at radius 2 is 1.59 bits per heavy atom. The molecule has 1 saturated heterocycles. The van der Waals surface area contributed by atoms with Crippen LogP contribution in [0, 0.1) is 11.2 Å². The number of piperidine rings is 1. The second-order valence-electron chi connectivity index (χ2n) is 12.0. The number of unbranched alkanes of at least 4 members (excludes halogenated alkanes) is 1. The SMILES string of the molecule is CC1(CNCCCC[C@H](NC(=O)c2ccc(-c3ccccc3)cc2)C(=O)N2CCCCC2)C[C@H]1c1ccc(F)cc1. The van der Waals surface area contributed by atoms with E-state index in [1.165, 1.54) is 5.56 Å². The largest absolute Gasteiger partial charge is 0.341 e. The van der Waals surface area contributed by atoms with E-state index in [9.17, 15) is 14.0 Å². The monoisotopic (exact) mass is 555 g/mol. The Bertz CT molecular complexity index is 1290. The van der Waals surface area contributed by atoms with Gasteiger partial charge in [-0.25, -0.2) is 4.39 Å². The van der Waals surface area contributed by atoms with Crippen molar-refractivity contribution in [3.05, 3.63) is 95.8 Å². The van der Waals surface area contributed by atoms with Crippen molar-refractivity contribution in [3.63, 3.8) is 0 Å². The van der Waals surface area contributed by atoms with Crippen LogP contribution in [0.15, 0.2) is 78.9 Å². The average Bonchev–Trinajstić information content (AvgIpc) is 3.69. The van der Waals surface area contributed by atoms with Gasteiger partial charge in [-0.1, -0.05) is 61.5 Å². The lowest BCUT2D eigenvalue weighted by Gasteiger charge is -2.31. The highest BCUT2D eigenvalue weighted by atomic mass is 19.1. The van der Waals surface area contributed by atoms with E-state index >= 15 is 0 Å². The lowest BCUT2D eigenvalue weighted by atomic mass is 10.0. The van der Waals surface area contributed by atoms with Gasteiger partial charge in [-0.3, -0.25) is 9.59 Å². The number of halogens is 1. The highest BCUT2D eigenvalue weighted by molar-refractivity contribution is 5.98. The van der Waals surface area contributed by atoms with Crippen LogP contribution in [0.1, 0.15) is 73.7 Å². The van der Waals surface area contributed by atoms with Crippen LogP contribution in [-0.2, 0) is 4.79 Å². The van der Waals surface area contributed by atoms with Gasteiger partial charge >= 0.3 is 0 Å². The molecule has 3 aromatic rings. The molecule has 0 aromatic heterocycles. The molecule has 1 heterocycles. The van der Waals surface area contributed by atoms with E-state index < -0.39 is 6.04 Å². The van der Waals surface area contributed by atoms with E-state index in [1.807, 2.05) is 71.6 Å². The number of carbonyl (C=O) groups excluding carboxylic acids is 2. The first kappa shape index (κ1) is 29.0. The number of hydrogen-bond acceptors (Lipinski definition) is 3. The van der Waals surface area contributed by atoms with Gasteiger partial charge in [0.1, 0.15) is 11.9 Å². The van der Waals surface area contributed by atoms with E-state index in [0.29, 0.717) is 17.9 Å². The molecular formula is C35H42FN3O2. The molecule has 1 aliphatic carbocycles. The van der Waals surface area contributed by atoms with Gasteiger partial charge in [0, 0.05) is 25.2 Å². The molecule has 1 saturated carbocycles. The third-order valence-corrected chi connectivity index (χ3v) is 8.77. The van der Waals surface area contributed by atoms with Crippen molar-refractivity contribution in [3.8, 4) is 11.1 Å². The van der Waals surface area contributed by atoms with Crippen LogP contribution in [0.4, 0.5) is 4.39 Å². The van der Waals surface area contributed by atoms with Crippen LogP contribution in [-0.4, -0.2) is 48.9 Å². The summed E-state index contributed by atoms with van der Waals surface area (Å²) in [4.78, 5) is 28.5. The summed E-state index contributed by atoms with van der Waals surface area (Å²) in [6.07, 6.45) is 6.72. The Hall–Kier alpha value is -3.51. The summed E-state index contributed by atoms with van der Waals surface area (Å²) in [7, 11) is 0. The summed E-state index contributed by atoms with van der Waals surface area (Å²) in [5, 5.41) is 6.66. The summed E-state index contributed by atoms with van der Waals surface area (Å²) in [5.74, 6) is 0.119. The lowest BCUT2D eigenvalue weighted by molar-refractivity contribution is -0.134. The van der Waals surface area contributed by atoms with Crippen molar-refractivity contribution in [2.24, 2.45) is 5.41 Å². The zero-order valence-electron chi connectivity index (χ0n) is 24.1. The van der Waals surface area contributed by atoms with Crippen LogP contribution in [0.5, 0.6) is 0 Å². The molecule has 41 heavy (non-hydrogen) atoms. The molecule has 6 heteroatoms. The quantitative estimate of drug-likeness (QED) is 0.249. The molecule has 2 fully saturated rings. The van der Waals surface area contributed by atoms with E-state index in [0.717, 1.165) is 75.8 Å². The fourth-order valence-electron chi connectivity index (χ4n) is 6.07. The zero-order chi connectivity index (χ0) is 28.7. The molecule has 2 N–H and O–H groups in total. The van der Waals surface area contributed by atoms with Crippen molar-refractivity contribution in [1.29, 1.82) is 0 Å². The van der Waals surface area contributed by atoms with Gasteiger partial charge < -0.3 is 15.5 Å². The van der Waals surface area contributed by atoms with E-state index in [4.69, 9.17) is 0 Å². The predicted octanol–water partition coefficient (Wildman–Crippen LogP) is 6.56. The molecule has 1 unspecified atom stereocenters. The van der Waals surface area contributed by atoms with Gasteiger partial charge in [-0.05, 0) is 104 Å². The molecule has 3 aromatic carbocycles. The maximum absolute atomic E-state index is 13.4. The second-order valence-corrected chi connectivity index (χ2v) is 12.0. The third kappa shape index (κ3) is 7.62. The summed E-state index contributed by atoms with van der Waals surface area (Å²) < 4.78 is 13.3. The number of amides is 2. The molecule has 5 nitrogen and oxygen atoms in total. The van der Waals surface area contributed by atoms with Crippen LogP contribution >= 0.6 is 0 Å². The fraction of sp³-hybridized carbons (Fsp3) is 0.429. The Morgan fingerprint density at radius 1 is 0.902 bits per heavy atom. The molecule has 2 amide bonds. The minimum absolute atomic E-state index is 0.0412. The topological polar surface area (TPSA) is 61.4 Å². The summed E-state index contributed by atoms with van der Waals surface area (Å²) in [5.41, 5.74) is 4.14. The molecule has 0 bridgehead atoms. The van der Waals surface area contributed by atoms with Gasteiger partial charge in [0.25, 0.3) is 5.91 Å². The molecule has 0 radical (unpaired) electrons. The lowest BCUT2D eigenvalue weighted by Crippen LogP contribution is -2.50. The van der Waals surface area contributed by atoms with Gasteiger partial charge in [-0.15, -0.1) is 0 Å². The Labute approximate surface area is 243 Å². The molecule has 3 atom stereocenters. The second kappa shape index (κ2) is 13.4. The first-order valence-corrected chi connectivity index (χ1v) is 15.1. The molecular weight excluding hydrogens is 513 g/mol. The van der Waals surface area contributed by atoms with E-state index in [-0.39, 0.29) is 23.0 Å². The average molecular weight is 556 g/mol. The van der Waals surface area contributed by atoms with Crippen molar-refractivity contribution in [2.45, 2.75) is 63.8 Å². The number of likely N-dealkylation sites (tertiary alicyclic amines) is 1. The molecule has 1 aliphatic heterocycles. The number of nitrogens with one attached hydrogen (secondary N) is 2. The fourth-order valence-corrected chi connectivity index (χ4v) is 6.07. The van der Waals surface area contributed by atoms with Gasteiger partial charge in [0.2, 0.25) is 5.91 Å². The smallest absolute Gasteiger partial charge is 0.251 e. The van der Waals surface area contributed by atoms with Crippen LogP contribution in [0.25, 0.3) is 11.1 Å². The first-order valence-electron chi connectivity index (χ1n) is 15.1. The Morgan fingerprint density at radius 3 is 2.29 bits per heavy atom. The van der Waals surface area contributed by atoms with Crippen LogP contribution in [0.2, 0.25) is 0 Å². The van der Waals surface area contributed by atoms with Gasteiger partial charge in [-0.2, -0.15) is 0 Å². The maximum atomic E-state index is 13.4. The molecule has 2 aliphatic rings. The number of benzene rings is 3. The number of carbonyl (C=O) groups is 2. The maximum Gasteiger partial charge on any atom is 0.251 e. The van der Waals surface area contributed by atoms with Crippen molar-refractivity contribution in [2.75, 3.05) is 26.2 Å². The highest BCUT2D eigenvalue weighted by Gasteiger charge is 2.50. The van der Waals surface area contributed by atoms with E-state index in [1.54, 1.807) is 12.1 Å². The normalized spacial score (nSPS) is 20.8. The van der Waals surface area contributed by atoms with Crippen molar-refractivity contribution < 1.29 is 14.0 Å². The minimum Gasteiger partial charge on any atom is -0.341 e. The number of rotatable bonds is 12. The molecule has 0 spiro atoms. The summed E-state index contributed by atoms with van der Waals surface area (Å²) in [6.45, 7) is 5.61. The Balaban J connectivity index is 1.11. The third-order valence-electron chi connectivity index (χ3n) is 8.77. The standard InChI is InChI=1S/C35H42FN3O2/c1-35(24-31(35)28-17-19-30(36)20-18-28)25-37-21-7-6-12-32(34(41)39-22-8-3-9-23-39)38-33(40)29-15-13-27(14-16-29)26-10-4-2-5-11-26/h2,4-5,10-11,13-20,31-32,37H,3,6-9,12,21-25H2,1H3,(H,38,40)/t31-,32-,35?/m0/s1. The van der Waals surface area contributed by atoms with Gasteiger partial charge in [0.05, 0.1) is 0 Å². The first-order chi connectivity index (χ1) is 19.9. The predicted molar refractivity (Wildman–Crippen MR) is 162 cm³/mol. The van der Waals surface area contributed by atoms with Crippen LogP contribution in [0.3, 0.4) is 0 Å². The van der Waals surface area contributed by atoms with Crippen molar-refractivity contribution in [1.82, 2.24) is 15.5 Å².